The molecule has 1 fully saturated rings. The van der Waals surface area contributed by atoms with E-state index in [4.69, 9.17) is 14.2 Å². The van der Waals surface area contributed by atoms with Crippen LogP contribution in [-0.4, -0.2) is 59.6 Å². The number of aryl methyl sites for hydroxylation is 1. The van der Waals surface area contributed by atoms with Crippen molar-refractivity contribution in [3.8, 4) is 5.75 Å². The summed E-state index contributed by atoms with van der Waals surface area (Å²) >= 11 is 0. The van der Waals surface area contributed by atoms with Crippen LogP contribution in [0.25, 0.3) is 0 Å². The predicted octanol–water partition coefficient (Wildman–Crippen LogP) is 1.62. The van der Waals surface area contributed by atoms with Crippen LogP contribution in [0.15, 0.2) is 24.3 Å². The monoisotopic (exact) mass is 433 g/mol. The molecule has 2 aromatic rings. The molecule has 1 saturated heterocycles. The first-order valence-electron chi connectivity index (χ1n) is 9.80. The van der Waals surface area contributed by atoms with Crippen molar-refractivity contribution in [1.82, 2.24) is 15.3 Å². The standard InChI is InChI=1S/C21H24FN3O6/c1-12-20(27)19(21(28)23-7-8-29-13(2)26)25-17(24-12)9-18-30-10-15(11-31-18)14-3-5-16(22)6-4-14/h3-6,15,18,27H,7-11H2,1-2H3,(H,23,28). The van der Waals surface area contributed by atoms with Crippen LogP contribution in [-0.2, 0) is 25.4 Å². The fraction of sp³-hybridized carbons (Fsp3) is 0.429. The van der Waals surface area contributed by atoms with Gasteiger partial charge in [-0.3, -0.25) is 9.59 Å². The van der Waals surface area contributed by atoms with Crippen LogP contribution in [0.5, 0.6) is 5.75 Å². The van der Waals surface area contributed by atoms with E-state index in [0.29, 0.717) is 13.2 Å². The second-order valence-electron chi connectivity index (χ2n) is 7.07. The Labute approximate surface area is 178 Å². The summed E-state index contributed by atoms with van der Waals surface area (Å²) < 4.78 is 29.3. The van der Waals surface area contributed by atoms with Crippen molar-refractivity contribution >= 4 is 11.9 Å². The number of amides is 1. The third-order valence-corrected chi connectivity index (χ3v) is 4.67. The Morgan fingerprint density at radius 2 is 1.90 bits per heavy atom. The number of esters is 1. The maximum atomic E-state index is 13.1. The molecule has 1 aliphatic heterocycles. The van der Waals surface area contributed by atoms with Crippen molar-refractivity contribution in [3.05, 3.63) is 52.9 Å². The van der Waals surface area contributed by atoms with Crippen molar-refractivity contribution in [2.24, 2.45) is 0 Å². The molecule has 0 bridgehead atoms. The SMILES string of the molecule is CC(=O)OCCNC(=O)c1nc(CC2OCC(c3ccc(F)cc3)CO2)nc(C)c1O. The van der Waals surface area contributed by atoms with Crippen LogP contribution in [0.4, 0.5) is 4.39 Å². The molecule has 31 heavy (non-hydrogen) atoms. The zero-order chi connectivity index (χ0) is 22.4. The molecule has 166 valence electrons. The van der Waals surface area contributed by atoms with Gasteiger partial charge in [-0.15, -0.1) is 0 Å². The number of halogens is 1. The third-order valence-electron chi connectivity index (χ3n) is 4.67. The minimum absolute atomic E-state index is 0.0116. The van der Waals surface area contributed by atoms with Gasteiger partial charge in [0, 0.05) is 12.8 Å². The highest BCUT2D eigenvalue weighted by Crippen LogP contribution is 2.25. The van der Waals surface area contributed by atoms with Gasteiger partial charge >= 0.3 is 5.97 Å². The highest BCUT2D eigenvalue weighted by Gasteiger charge is 2.26. The van der Waals surface area contributed by atoms with Gasteiger partial charge in [0.05, 0.1) is 31.9 Å². The molecule has 1 amide bonds. The first-order valence-corrected chi connectivity index (χ1v) is 9.80. The topological polar surface area (TPSA) is 120 Å². The Hall–Kier alpha value is -3.11. The second-order valence-corrected chi connectivity index (χ2v) is 7.07. The lowest BCUT2D eigenvalue weighted by molar-refractivity contribution is -0.186. The fourth-order valence-electron chi connectivity index (χ4n) is 3.06. The van der Waals surface area contributed by atoms with Crippen LogP contribution in [0.2, 0.25) is 0 Å². The van der Waals surface area contributed by atoms with Crippen molar-refractivity contribution < 1.29 is 33.3 Å². The van der Waals surface area contributed by atoms with Gasteiger partial charge in [-0.2, -0.15) is 0 Å². The van der Waals surface area contributed by atoms with Crippen LogP contribution in [0.3, 0.4) is 0 Å². The average molecular weight is 433 g/mol. The van der Waals surface area contributed by atoms with Gasteiger partial charge in [0.15, 0.2) is 17.7 Å². The first kappa shape index (κ1) is 22.6. The number of ether oxygens (including phenoxy) is 3. The minimum Gasteiger partial charge on any atom is -0.504 e. The quantitative estimate of drug-likeness (QED) is 0.499. The molecule has 0 unspecified atom stereocenters. The Balaban J connectivity index is 1.58. The number of hydrogen-bond donors (Lipinski definition) is 2. The fourth-order valence-corrected chi connectivity index (χ4v) is 3.06. The molecule has 9 nitrogen and oxygen atoms in total. The van der Waals surface area contributed by atoms with Crippen LogP contribution in [0.1, 0.15) is 40.4 Å². The summed E-state index contributed by atoms with van der Waals surface area (Å²) in [5.74, 6) is -1.42. The summed E-state index contributed by atoms with van der Waals surface area (Å²) in [6, 6.07) is 6.19. The van der Waals surface area contributed by atoms with E-state index in [9.17, 15) is 19.1 Å². The molecule has 3 rings (SSSR count). The predicted molar refractivity (Wildman–Crippen MR) is 106 cm³/mol. The Kier molecular flexibility index (Phi) is 7.48. The maximum absolute atomic E-state index is 13.1. The molecule has 1 aromatic carbocycles. The van der Waals surface area contributed by atoms with Gasteiger partial charge in [-0.25, -0.2) is 14.4 Å². The first-order chi connectivity index (χ1) is 14.8. The summed E-state index contributed by atoms with van der Waals surface area (Å²) in [7, 11) is 0. The summed E-state index contributed by atoms with van der Waals surface area (Å²) in [4.78, 5) is 31.5. The second kappa shape index (κ2) is 10.3. The number of aromatic hydroxyl groups is 1. The number of carbonyl (C=O) groups excluding carboxylic acids is 2. The van der Waals surface area contributed by atoms with Gasteiger partial charge in [0.1, 0.15) is 18.2 Å². The van der Waals surface area contributed by atoms with E-state index in [1.807, 2.05) is 0 Å². The van der Waals surface area contributed by atoms with Gasteiger partial charge < -0.3 is 24.6 Å². The largest absolute Gasteiger partial charge is 0.504 e. The molecule has 0 aliphatic carbocycles. The van der Waals surface area contributed by atoms with Crippen molar-refractivity contribution in [2.45, 2.75) is 32.5 Å². The van der Waals surface area contributed by atoms with E-state index in [0.717, 1.165) is 5.56 Å². The number of rotatable bonds is 7. The van der Waals surface area contributed by atoms with Crippen molar-refractivity contribution in [3.63, 3.8) is 0 Å². The number of hydrogen-bond acceptors (Lipinski definition) is 8. The molecular weight excluding hydrogens is 409 g/mol. The molecular formula is C21H24FN3O6. The lowest BCUT2D eigenvalue weighted by atomic mass is 10.0. The van der Waals surface area contributed by atoms with Crippen LogP contribution < -0.4 is 5.32 Å². The van der Waals surface area contributed by atoms with Crippen molar-refractivity contribution in [1.29, 1.82) is 0 Å². The number of benzene rings is 1. The molecule has 0 radical (unpaired) electrons. The molecule has 0 saturated carbocycles. The van der Waals surface area contributed by atoms with E-state index < -0.39 is 18.2 Å². The highest BCUT2D eigenvalue weighted by molar-refractivity contribution is 5.95. The van der Waals surface area contributed by atoms with Crippen molar-refractivity contribution in [2.75, 3.05) is 26.4 Å². The molecule has 10 heteroatoms. The van der Waals surface area contributed by atoms with E-state index in [2.05, 4.69) is 15.3 Å². The number of carbonyl (C=O) groups is 2. The summed E-state index contributed by atoms with van der Waals surface area (Å²) in [6.07, 6.45) is -0.425. The number of aromatic nitrogens is 2. The third kappa shape index (κ3) is 6.19. The normalized spacial score (nSPS) is 18.4. The van der Waals surface area contributed by atoms with Gasteiger partial charge in [0.25, 0.3) is 5.91 Å². The van der Waals surface area contributed by atoms with Crippen LogP contribution >= 0.6 is 0 Å². The van der Waals surface area contributed by atoms with E-state index in [-0.39, 0.29) is 54.3 Å². The highest BCUT2D eigenvalue weighted by atomic mass is 19.1. The van der Waals surface area contributed by atoms with E-state index in [1.54, 1.807) is 19.1 Å². The molecule has 1 aliphatic rings. The maximum Gasteiger partial charge on any atom is 0.302 e. The molecule has 2 N–H and O–H groups in total. The number of nitrogens with one attached hydrogen (secondary N) is 1. The van der Waals surface area contributed by atoms with Gasteiger partial charge in [-0.05, 0) is 24.6 Å². The molecule has 2 heterocycles. The molecule has 1 aromatic heterocycles. The Morgan fingerprint density at radius 1 is 1.23 bits per heavy atom. The smallest absolute Gasteiger partial charge is 0.302 e. The summed E-state index contributed by atoms with van der Waals surface area (Å²) in [5, 5.41) is 12.7. The average Bonchev–Trinajstić information content (AvgIpc) is 2.74. The zero-order valence-corrected chi connectivity index (χ0v) is 17.3. The Morgan fingerprint density at radius 3 is 2.55 bits per heavy atom. The summed E-state index contributed by atoms with van der Waals surface area (Å²) in [5.41, 5.74) is 0.991. The van der Waals surface area contributed by atoms with E-state index >= 15 is 0 Å². The van der Waals surface area contributed by atoms with Crippen LogP contribution in [0, 0.1) is 12.7 Å². The summed E-state index contributed by atoms with van der Waals surface area (Å²) in [6.45, 7) is 3.69. The molecule has 0 atom stereocenters. The lowest BCUT2D eigenvalue weighted by Crippen LogP contribution is -2.33. The zero-order valence-electron chi connectivity index (χ0n) is 17.3. The van der Waals surface area contributed by atoms with E-state index in [1.165, 1.54) is 19.1 Å². The Bertz CT molecular complexity index is 929. The minimum atomic E-state index is -0.613. The van der Waals surface area contributed by atoms with Gasteiger partial charge in [0.2, 0.25) is 0 Å². The number of nitrogens with zero attached hydrogens (tertiary/aromatic N) is 2. The molecule has 0 spiro atoms. The van der Waals surface area contributed by atoms with Gasteiger partial charge in [-0.1, -0.05) is 12.1 Å². The lowest BCUT2D eigenvalue weighted by Gasteiger charge is -2.29.